The van der Waals surface area contributed by atoms with E-state index in [-0.39, 0.29) is 22.5 Å². The minimum Gasteiger partial charge on any atom is -0.507 e. The van der Waals surface area contributed by atoms with Gasteiger partial charge in [0.15, 0.2) is 0 Å². The highest BCUT2D eigenvalue weighted by Gasteiger charge is 2.48. The predicted octanol–water partition coefficient (Wildman–Crippen LogP) is 4.61. The van der Waals surface area contributed by atoms with Crippen molar-refractivity contribution >= 4 is 23.1 Å². The lowest BCUT2D eigenvalue weighted by Crippen LogP contribution is -2.30. The Kier molecular flexibility index (Phi) is 5.68. The standard InChI is InChI=1S/C25H20F2N2O4/c1-13-10-14(2)24(33-3)16(11-13)22(30)20-21(18-6-4-5-9-28-18)29(25(32)23(20)31)19-8-7-15(26)12-17(19)27/h4-12,21,30H,1-3H3/b22-20+. The van der Waals surface area contributed by atoms with E-state index in [0.29, 0.717) is 17.4 Å². The van der Waals surface area contributed by atoms with Crippen LogP contribution < -0.4 is 9.64 Å². The van der Waals surface area contributed by atoms with E-state index in [9.17, 15) is 23.5 Å². The highest BCUT2D eigenvalue weighted by molar-refractivity contribution is 6.51. The molecule has 4 rings (SSSR count). The average molecular weight is 450 g/mol. The highest BCUT2D eigenvalue weighted by atomic mass is 19.1. The first-order chi connectivity index (χ1) is 15.7. The molecule has 0 bridgehead atoms. The first kappa shape index (κ1) is 22.1. The van der Waals surface area contributed by atoms with Crippen LogP contribution in [0.4, 0.5) is 14.5 Å². The first-order valence-electron chi connectivity index (χ1n) is 10.1. The number of aryl methyl sites for hydroxylation is 2. The van der Waals surface area contributed by atoms with Gasteiger partial charge in [-0.3, -0.25) is 19.5 Å². The molecule has 0 aliphatic carbocycles. The van der Waals surface area contributed by atoms with E-state index >= 15 is 0 Å². The largest absolute Gasteiger partial charge is 0.507 e. The molecule has 168 valence electrons. The second-order valence-electron chi connectivity index (χ2n) is 7.68. The number of hydrogen-bond donors (Lipinski definition) is 1. The third-order valence-electron chi connectivity index (χ3n) is 5.46. The van der Waals surface area contributed by atoms with Crippen LogP contribution in [-0.4, -0.2) is 28.9 Å². The predicted molar refractivity (Wildman–Crippen MR) is 118 cm³/mol. The molecule has 3 aromatic rings. The topological polar surface area (TPSA) is 79.7 Å². The van der Waals surface area contributed by atoms with Gasteiger partial charge in [-0.05, 0) is 55.3 Å². The zero-order valence-electron chi connectivity index (χ0n) is 18.1. The second kappa shape index (κ2) is 8.46. The molecule has 1 aromatic heterocycles. The summed E-state index contributed by atoms with van der Waals surface area (Å²) in [6.45, 7) is 3.59. The van der Waals surface area contributed by atoms with Crippen molar-refractivity contribution in [3.05, 3.63) is 94.3 Å². The van der Waals surface area contributed by atoms with Crippen LogP contribution in [0.5, 0.6) is 5.75 Å². The lowest BCUT2D eigenvalue weighted by molar-refractivity contribution is -0.132. The summed E-state index contributed by atoms with van der Waals surface area (Å²) in [5, 5.41) is 11.3. The van der Waals surface area contributed by atoms with Crippen LogP contribution in [0.1, 0.15) is 28.4 Å². The Bertz CT molecular complexity index is 1310. The van der Waals surface area contributed by atoms with E-state index in [1.165, 1.54) is 13.3 Å². The normalized spacial score (nSPS) is 17.5. The van der Waals surface area contributed by atoms with Gasteiger partial charge in [-0.25, -0.2) is 8.78 Å². The van der Waals surface area contributed by atoms with Gasteiger partial charge in [-0.2, -0.15) is 0 Å². The van der Waals surface area contributed by atoms with Gasteiger partial charge >= 0.3 is 0 Å². The number of aliphatic hydroxyl groups is 1. The van der Waals surface area contributed by atoms with E-state index < -0.39 is 35.1 Å². The lowest BCUT2D eigenvalue weighted by atomic mass is 9.95. The third kappa shape index (κ3) is 3.73. The average Bonchev–Trinajstić information content (AvgIpc) is 3.04. The zero-order chi connectivity index (χ0) is 23.9. The molecule has 1 fully saturated rings. The van der Waals surface area contributed by atoms with Crippen molar-refractivity contribution < 1.29 is 28.2 Å². The lowest BCUT2D eigenvalue weighted by Gasteiger charge is -2.25. The van der Waals surface area contributed by atoms with Crippen LogP contribution in [0.3, 0.4) is 0 Å². The Morgan fingerprint density at radius 1 is 1.09 bits per heavy atom. The molecule has 0 spiro atoms. The van der Waals surface area contributed by atoms with Crippen LogP contribution in [0.15, 0.2) is 60.3 Å². The molecule has 1 N–H and O–H groups in total. The van der Waals surface area contributed by atoms with Crippen LogP contribution >= 0.6 is 0 Å². The molecule has 2 aromatic carbocycles. The maximum Gasteiger partial charge on any atom is 0.300 e. The summed E-state index contributed by atoms with van der Waals surface area (Å²) in [6.07, 6.45) is 1.45. The van der Waals surface area contributed by atoms with Gasteiger partial charge < -0.3 is 9.84 Å². The molecule has 1 amide bonds. The molecular weight excluding hydrogens is 430 g/mol. The van der Waals surface area contributed by atoms with Crippen molar-refractivity contribution in [2.24, 2.45) is 0 Å². The van der Waals surface area contributed by atoms with E-state index in [4.69, 9.17) is 4.74 Å². The summed E-state index contributed by atoms with van der Waals surface area (Å²) in [5.74, 6) is -4.09. The molecule has 1 aliphatic rings. The Labute approximate surface area is 188 Å². The number of halogens is 2. The van der Waals surface area contributed by atoms with Crippen molar-refractivity contribution in [2.45, 2.75) is 19.9 Å². The number of carbonyl (C=O) groups is 2. The fraction of sp³-hybridized carbons (Fsp3) is 0.160. The van der Waals surface area contributed by atoms with E-state index in [1.807, 2.05) is 13.0 Å². The number of hydrogen-bond acceptors (Lipinski definition) is 5. The van der Waals surface area contributed by atoms with Gasteiger partial charge in [0.1, 0.15) is 29.2 Å². The Morgan fingerprint density at radius 3 is 2.48 bits per heavy atom. The number of pyridine rings is 1. The third-order valence-corrected chi connectivity index (χ3v) is 5.46. The number of ether oxygens (including phenoxy) is 1. The van der Waals surface area contributed by atoms with Crippen molar-refractivity contribution in [2.75, 3.05) is 12.0 Å². The molecule has 0 radical (unpaired) electrons. The van der Waals surface area contributed by atoms with Crippen LogP contribution in [-0.2, 0) is 9.59 Å². The molecule has 1 saturated heterocycles. The Morgan fingerprint density at radius 2 is 1.85 bits per heavy atom. The minimum absolute atomic E-state index is 0.216. The molecule has 2 heterocycles. The molecule has 33 heavy (non-hydrogen) atoms. The van der Waals surface area contributed by atoms with Crippen molar-refractivity contribution in [3.63, 3.8) is 0 Å². The molecule has 1 aliphatic heterocycles. The Hall–Kier alpha value is -4.07. The summed E-state index contributed by atoms with van der Waals surface area (Å²) in [6, 6.07) is 9.75. The number of benzene rings is 2. The number of nitrogens with zero attached hydrogens (tertiary/aromatic N) is 2. The number of aromatic nitrogens is 1. The number of Topliss-reactive ketones (excluding diaryl/α,β-unsaturated/α-hetero) is 1. The SMILES string of the molecule is COc1c(C)cc(C)cc1/C(O)=C1\C(=O)C(=O)N(c2ccc(F)cc2F)C1c1ccccn1. The van der Waals surface area contributed by atoms with Crippen LogP contribution in [0.25, 0.3) is 5.76 Å². The van der Waals surface area contributed by atoms with Gasteiger partial charge in [0, 0.05) is 12.3 Å². The van der Waals surface area contributed by atoms with Gasteiger partial charge in [-0.15, -0.1) is 0 Å². The quantitative estimate of drug-likeness (QED) is 0.357. The smallest absolute Gasteiger partial charge is 0.300 e. The maximum absolute atomic E-state index is 14.7. The van der Waals surface area contributed by atoms with Crippen molar-refractivity contribution in [1.82, 2.24) is 4.98 Å². The number of anilines is 1. The molecule has 8 heteroatoms. The molecule has 0 saturated carbocycles. The summed E-state index contributed by atoms with van der Waals surface area (Å²) in [5.41, 5.74) is 1.38. The fourth-order valence-corrected chi connectivity index (χ4v) is 4.12. The van der Waals surface area contributed by atoms with Gasteiger partial charge in [0.05, 0.1) is 29.6 Å². The summed E-state index contributed by atoms with van der Waals surface area (Å²) in [7, 11) is 1.43. The van der Waals surface area contributed by atoms with Crippen molar-refractivity contribution in [1.29, 1.82) is 0 Å². The number of ketones is 1. The number of methoxy groups -OCH3 is 1. The van der Waals surface area contributed by atoms with E-state index in [1.54, 1.807) is 31.2 Å². The molecule has 6 nitrogen and oxygen atoms in total. The number of amides is 1. The van der Waals surface area contributed by atoms with Gasteiger partial charge in [-0.1, -0.05) is 12.1 Å². The number of aliphatic hydroxyl groups excluding tert-OH is 1. The summed E-state index contributed by atoms with van der Waals surface area (Å²) >= 11 is 0. The second-order valence-corrected chi connectivity index (χ2v) is 7.68. The number of rotatable bonds is 4. The first-order valence-corrected chi connectivity index (χ1v) is 10.1. The van der Waals surface area contributed by atoms with Crippen LogP contribution in [0.2, 0.25) is 0 Å². The number of carbonyl (C=O) groups excluding carboxylic acids is 2. The molecule has 1 atom stereocenters. The monoisotopic (exact) mass is 450 g/mol. The summed E-state index contributed by atoms with van der Waals surface area (Å²) < 4.78 is 33.7. The molecular formula is C25H20F2N2O4. The van der Waals surface area contributed by atoms with E-state index in [0.717, 1.165) is 22.6 Å². The maximum atomic E-state index is 14.7. The zero-order valence-corrected chi connectivity index (χ0v) is 18.1. The highest BCUT2D eigenvalue weighted by Crippen LogP contribution is 2.43. The van der Waals surface area contributed by atoms with Gasteiger partial charge in [0.25, 0.3) is 11.7 Å². The van der Waals surface area contributed by atoms with Crippen LogP contribution in [0, 0.1) is 25.5 Å². The van der Waals surface area contributed by atoms with Gasteiger partial charge in [0.2, 0.25) is 0 Å². The summed E-state index contributed by atoms with van der Waals surface area (Å²) in [4.78, 5) is 31.4. The van der Waals surface area contributed by atoms with E-state index in [2.05, 4.69) is 4.98 Å². The fourth-order valence-electron chi connectivity index (χ4n) is 4.12. The Balaban J connectivity index is 2.02. The minimum atomic E-state index is -1.24. The molecule has 1 unspecified atom stereocenters. The van der Waals surface area contributed by atoms with Crippen molar-refractivity contribution in [3.8, 4) is 5.75 Å².